The first-order chi connectivity index (χ1) is 8.36. The predicted octanol–water partition coefficient (Wildman–Crippen LogP) is 4.05. The summed E-state index contributed by atoms with van der Waals surface area (Å²) < 4.78 is 0. The van der Waals surface area contributed by atoms with Crippen LogP contribution in [0.3, 0.4) is 0 Å². The van der Waals surface area contributed by atoms with E-state index in [9.17, 15) is 5.11 Å². The average Bonchev–Trinajstić information content (AvgIpc) is 2.40. The lowest BCUT2D eigenvalue weighted by Gasteiger charge is -2.04. The monoisotopic (exact) mass is 220 g/mol. The molecule has 0 aliphatic carbocycles. The van der Waals surface area contributed by atoms with Crippen LogP contribution in [0, 0.1) is 0 Å². The van der Waals surface area contributed by atoms with E-state index in [-0.39, 0.29) is 5.75 Å². The molecule has 0 saturated heterocycles. The molecule has 0 saturated carbocycles. The quantitative estimate of drug-likeness (QED) is 0.609. The highest BCUT2D eigenvalue weighted by Crippen LogP contribution is 2.35. The van der Waals surface area contributed by atoms with Crippen molar-refractivity contribution in [3.63, 3.8) is 0 Å². The first kappa shape index (κ1) is 9.85. The molecule has 3 rings (SSSR count). The Kier molecular flexibility index (Phi) is 2.26. The lowest BCUT2D eigenvalue weighted by molar-refractivity contribution is 0.362. The third kappa shape index (κ3) is 1.64. The van der Waals surface area contributed by atoms with Crippen molar-refractivity contribution in [2.45, 2.75) is 0 Å². The molecule has 81 valence electrons. The van der Waals surface area contributed by atoms with Crippen LogP contribution in [0.4, 0.5) is 0 Å². The molecule has 0 bridgehead atoms. The van der Waals surface area contributed by atoms with E-state index >= 15 is 0 Å². The molecule has 0 unspecified atom stereocenters. The zero-order chi connectivity index (χ0) is 11.7. The van der Waals surface area contributed by atoms with Gasteiger partial charge in [0, 0.05) is 17.1 Å². The minimum absolute atomic E-state index is 0.0433. The van der Waals surface area contributed by atoms with Gasteiger partial charge in [0.15, 0.2) is 5.75 Å². The van der Waals surface area contributed by atoms with Gasteiger partial charge in [0.05, 0.1) is 5.69 Å². The number of nitrogens with zero attached hydrogens (tertiary/aromatic N) is 1. The molecule has 2 nitrogen and oxygen atoms in total. The SMILES string of the molecule is [O]c1c(-c2ccccn2)ccc2ccccc12. The number of hydrogen-bond donors (Lipinski definition) is 0. The van der Waals surface area contributed by atoms with E-state index in [0.717, 1.165) is 16.5 Å². The summed E-state index contributed by atoms with van der Waals surface area (Å²) in [6.07, 6.45) is 1.70. The van der Waals surface area contributed by atoms with Crippen LogP contribution in [0.15, 0.2) is 60.8 Å². The number of pyridine rings is 1. The van der Waals surface area contributed by atoms with Gasteiger partial charge in [-0.1, -0.05) is 36.4 Å². The van der Waals surface area contributed by atoms with E-state index in [1.807, 2.05) is 54.6 Å². The predicted molar refractivity (Wildman–Crippen MR) is 67.3 cm³/mol. The van der Waals surface area contributed by atoms with Crippen molar-refractivity contribution < 1.29 is 5.11 Å². The minimum atomic E-state index is 0.0433. The van der Waals surface area contributed by atoms with Crippen molar-refractivity contribution in [1.29, 1.82) is 0 Å². The van der Waals surface area contributed by atoms with E-state index in [1.54, 1.807) is 6.20 Å². The maximum atomic E-state index is 12.3. The molecule has 0 fully saturated rings. The van der Waals surface area contributed by atoms with Gasteiger partial charge < -0.3 is 0 Å². The molecule has 3 aromatic rings. The largest absolute Gasteiger partial charge is 0.289 e. The van der Waals surface area contributed by atoms with Gasteiger partial charge in [0.2, 0.25) is 0 Å². The highest BCUT2D eigenvalue weighted by atomic mass is 16.3. The molecule has 1 heterocycles. The third-order valence-electron chi connectivity index (χ3n) is 2.82. The van der Waals surface area contributed by atoms with Crippen molar-refractivity contribution in [1.82, 2.24) is 4.98 Å². The first-order valence-corrected chi connectivity index (χ1v) is 5.46. The summed E-state index contributed by atoms with van der Waals surface area (Å²) in [6, 6.07) is 17.0. The van der Waals surface area contributed by atoms with E-state index in [0.29, 0.717) is 5.56 Å². The molecule has 2 aromatic carbocycles. The number of hydrogen-bond acceptors (Lipinski definition) is 1. The fourth-order valence-electron chi connectivity index (χ4n) is 1.97. The minimum Gasteiger partial charge on any atom is -0.289 e. The summed E-state index contributed by atoms with van der Waals surface area (Å²) >= 11 is 0. The number of fused-ring (bicyclic) bond motifs is 1. The molecular weight excluding hydrogens is 210 g/mol. The summed E-state index contributed by atoms with van der Waals surface area (Å²) in [7, 11) is 0. The van der Waals surface area contributed by atoms with Gasteiger partial charge in [-0.05, 0) is 23.6 Å². The molecular formula is C15H10NO. The van der Waals surface area contributed by atoms with Crippen molar-refractivity contribution in [2.24, 2.45) is 0 Å². The van der Waals surface area contributed by atoms with Crippen LogP contribution in [-0.2, 0) is 5.11 Å². The summed E-state index contributed by atoms with van der Waals surface area (Å²) in [6.45, 7) is 0. The first-order valence-electron chi connectivity index (χ1n) is 5.46. The molecule has 1 aromatic heterocycles. The number of aromatic nitrogens is 1. The third-order valence-corrected chi connectivity index (χ3v) is 2.82. The second-order valence-corrected chi connectivity index (χ2v) is 3.88. The van der Waals surface area contributed by atoms with Gasteiger partial charge in [0.1, 0.15) is 0 Å². The number of benzene rings is 2. The van der Waals surface area contributed by atoms with Crippen LogP contribution in [0.5, 0.6) is 5.75 Å². The molecule has 0 N–H and O–H groups in total. The Labute approximate surface area is 99.2 Å². The molecule has 0 aliphatic rings. The van der Waals surface area contributed by atoms with Crippen LogP contribution >= 0.6 is 0 Å². The molecule has 0 amide bonds. The van der Waals surface area contributed by atoms with Crippen molar-refractivity contribution in [3.8, 4) is 17.0 Å². The molecule has 0 atom stereocenters. The average molecular weight is 220 g/mol. The Bertz CT molecular complexity index is 662. The fraction of sp³-hybridized carbons (Fsp3) is 0. The summed E-state index contributed by atoms with van der Waals surface area (Å²) in [4.78, 5) is 4.22. The topological polar surface area (TPSA) is 32.8 Å². The standard InChI is InChI=1S/C15H10NO/c17-15-12-6-2-1-5-11(12)8-9-13(15)14-7-3-4-10-16-14/h1-10H. The maximum absolute atomic E-state index is 12.3. The summed E-state index contributed by atoms with van der Waals surface area (Å²) in [5.41, 5.74) is 1.38. The maximum Gasteiger partial charge on any atom is 0.195 e. The lowest BCUT2D eigenvalue weighted by atomic mass is 10.0. The van der Waals surface area contributed by atoms with E-state index in [2.05, 4.69) is 4.98 Å². The Morgan fingerprint density at radius 3 is 2.47 bits per heavy atom. The number of rotatable bonds is 1. The zero-order valence-corrected chi connectivity index (χ0v) is 9.13. The molecule has 0 aliphatic heterocycles. The van der Waals surface area contributed by atoms with Crippen molar-refractivity contribution in [2.75, 3.05) is 0 Å². The zero-order valence-electron chi connectivity index (χ0n) is 9.13. The summed E-state index contributed by atoms with van der Waals surface area (Å²) in [5.74, 6) is 0.0433. The van der Waals surface area contributed by atoms with Crippen molar-refractivity contribution in [3.05, 3.63) is 60.8 Å². The van der Waals surface area contributed by atoms with Crippen LogP contribution < -0.4 is 0 Å². The molecule has 17 heavy (non-hydrogen) atoms. The Morgan fingerprint density at radius 1 is 0.824 bits per heavy atom. The summed E-state index contributed by atoms with van der Waals surface area (Å²) in [5, 5.41) is 14.0. The van der Waals surface area contributed by atoms with Gasteiger partial charge in [0.25, 0.3) is 0 Å². The second kappa shape index (κ2) is 3.91. The molecule has 1 radical (unpaired) electrons. The van der Waals surface area contributed by atoms with Crippen LogP contribution in [-0.4, -0.2) is 4.98 Å². The van der Waals surface area contributed by atoms with E-state index < -0.39 is 0 Å². The van der Waals surface area contributed by atoms with Gasteiger partial charge in [-0.25, -0.2) is 0 Å². The highest BCUT2D eigenvalue weighted by Gasteiger charge is 2.10. The fourth-order valence-corrected chi connectivity index (χ4v) is 1.97. The van der Waals surface area contributed by atoms with Crippen LogP contribution in [0.25, 0.3) is 22.0 Å². The van der Waals surface area contributed by atoms with E-state index in [4.69, 9.17) is 0 Å². The smallest absolute Gasteiger partial charge is 0.195 e. The Hall–Kier alpha value is -2.35. The highest BCUT2D eigenvalue weighted by molar-refractivity contribution is 5.94. The van der Waals surface area contributed by atoms with Crippen molar-refractivity contribution >= 4 is 10.8 Å². The molecule has 0 spiro atoms. The van der Waals surface area contributed by atoms with Gasteiger partial charge in [-0.2, -0.15) is 0 Å². The second-order valence-electron chi connectivity index (χ2n) is 3.88. The van der Waals surface area contributed by atoms with E-state index in [1.165, 1.54) is 0 Å². The van der Waals surface area contributed by atoms with Gasteiger partial charge in [-0.15, -0.1) is 0 Å². The Balaban J connectivity index is 2.29. The normalized spacial score (nSPS) is 10.6. The van der Waals surface area contributed by atoms with Gasteiger partial charge in [-0.3, -0.25) is 10.1 Å². The van der Waals surface area contributed by atoms with Crippen LogP contribution in [0.1, 0.15) is 0 Å². The lowest BCUT2D eigenvalue weighted by Crippen LogP contribution is -1.83. The Morgan fingerprint density at radius 2 is 1.65 bits per heavy atom. The molecule has 2 heteroatoms. The van der Waals surface area contributed by atoms with Gasteiger partial charge >= 0.3 is 0 Å². The van der Waals surface area contributed by atoms with Crippen LogP contribution in [0.2, 0.25) is 0 Å².